The summed E-state index contributed by atoms with van der Waals surface area (Å²) < 4.78 is 5.23. The molecule has 70 valence electrons. The monoisotopic (exact) mass is 172 g/mol. The molecule has 4 nitrogen and oxygen atoms in total. The second-order valence-electron chi connectivity index (χ2n) is 3.50. The molecule has 0 saturated carbocycles. The van der Waals surface area contributed by atoms with E-state index in [1.54, 1.807) is 0 Å². The Morgan fingerprint density at radius 3 is 2.92 bits per heavy atom. The van der Waals surface area contributed by atoms with Crippen LogP contribution in [0, 0.1) is 5.92 Å². The van der Waals surface area contributed by atoms with Crippen molar-refractivity contribution < 1.29 is 9.53 Å². The number of amides is 1. The van der Waals surface area contributed by atoms with Gasteiger partial charge < -0.3 is 16.2 Å². The van der Waals surface area contributed by atoms with Gasteiger partial charge in [-0.15, -0.1) is 0 Å². The minimum Gasteiger partial charge on any atom is -0.379 e. The largest absolute Gasteiger partial charge is 0.379 e. The number of ether oxygens (including phenoxy) is 1. The molecular formula is C8H16N2O2. The van der Waals surface area contributed by atoms with Crippen LogP contribution in [0.1, 0.15) is 19.8 Å². The molecule has 0 aromatic heterocycles. The molecule has 0 aliphatic carbocycles. The van der Waals surface area contributed by atoms with Crippen LogP contribution >= 0.6 is 0 Å². The molecular weight excluding hydrogens is 156 g/mol. The zero-order chi connectivity index (χ0) is 9.19. The van der Waals surface area contributed by atoms with Crippen LogP contribution in [0.25, 0.3) is 0 Å². The fourth-order valence-corrected chi connectivity index (χ4v) is 1.72. The number of hydrogen-bond donors (Lipinski definition) is 2. The lowest BCUT2D eigenvalue weighted by molar-refractivity contribution is -0.119. The van der Waals surface area contributed by atoms with E-state index < -0.39 is 5.54 Å². The normalized spacial score (nSPS) is 35.3. The third-order valence-corrected chi connectivity index (χ3v) is 2.50. The number of rotatable bonds is 3. The second-order valence-corrected chi connectivity index (χ2v) is 3.50. The first-order valence-corrected chi connectivity index (χ1v) is 4.23. The molecule has 2 atom stereocenters. The Morgan fingerprint density at radius 2 is 2.42 bits per heavy atom. The molecule has 1 aliphatic rings. The fraction of sp³-hybridized carbons (Fsp3) is 0.875. The molecule has 1 rings (SSSR count). The summed E-state index contributed by atoms with van der Waals surface area (Å²) in [5.74, 6) is -0.0774. The molecule has 1 aliphatic heterocycles. The number of hydrogen-bond acceptors (Lipinski definition) is 3. The van der Waals surface area contributed by atoms with Crippen LogP contribution in [0.4, 0.5) is 0 Å². The summed E-state index contributed by atoms with van der Waals surface area (Å²) in [5.41, 5.74) is 10.6. The maximum absolute atomic E-state index is 10.7. The molecule has 0 spiro atoms. The smallest absolute Gasteiger partial charge is 0.219 e. The molecule has 0 radical (unpaired) electrons. The number of primary amides is 1. The van der Waals surface area contributed by atoms with E-state index in [2.05, 4.69) is 0 Å². The van der Waals surface area contributed by atoms with Crippen molar-refractivity contribution in [2.45, 2.75) is 25.3 Å². The van der Waals surface area contributed by atoms with Crippen molar-refractivity contribution in [1.82, 2.24) is 0 Å². The van der Waals surface area contributed by atoms with Crippen molar-refractivity contribution >= 4 is 5.91 Å². The first-order valence-electron chi connectivity index (χ1n) is 4.23. The van der Waals surface area contributed by atoms with Crippen molar-refractivity contribution in [2.75, 3.05) is 13.2 Å². The molecule has 2 unspecified atom stereocenters. The molecule has 1 saturated heterocycles. The summed E-state index contributed by atoms with van der Waals surface area (Å²) in [6.45, 7) is 3.15. The Hall–Kier alpha value is -0.610. The Kier molecular flexibility index (Phi) is 2.69. The van der Waals surface area contributed by atoms with Crippen molar-refractivity contribution in [1.29, 1.82) is 0 Å². The summed E-state index contributed by atoms with van der Waals surface area (Å²) in [6.07, 6.45) is 1.16. The van der Waals surface area contributed by atoms with Crippen LogP contribution in [0.3, 0.4) is 0 Å². The third kappa shape index (κ3) is 1.76. The van der Waals surface area contributed by atoms with Gasteiger partial charge in [0.25, 0.3) is 0 Å². The molecule has 12 heavy (non-hydrogen) atoms. The molecule has 0 aromatic carbocycles. The predicted molar refractivity (Wildman–Crippen MR) is 45.3 cm³/mol. The lowest BCUT2D eigenvalue weighted by atomic mass is 9.83. The van der Waals surface area contributed by atoms with Gasteiger partial charge >= 0.3 is 0 Å². The van der Waals surface area contributed by atoms with E-state index in [4.69, 9.17) is 16.2 Å². The summed E-state index contributed by atoms with van der Waals surface area (Å²) in [7, 11) is 0. The average Bonchev–Trinajstić information content (AvgIpc) is 2.28. The van der Waals surface area contributed by atoms with Crippen LogP contribution in [0.2, 0.25) is 0 Å². The first-order chi connectivity index (χ1) is 5.58. The van der Waals surface area contributed by atoms with E-state index in [1.165, 1.54) is 0 Å². The molecule has 4 heteroatoms. The predicted octanol–water partition coefficient (Wildman–Crippen LogP) is -0.384. The maximum Gasteiger partial charge on any atom is 0.219 e. The summed E-state index contributed by atoms with van der Waals surface area (Å²) in [4.78, 5) is 10.7. The van der Waals surface area contributed by atoms with Crippen LogP contribution in [0.15, 0.2) is 0 Å². The van der Waals surface area contributed by atoms with Crippen LogP contribution in [-0.4, -0.2) is 24.7 Å². The van der Waals surface area contributed by atoms with Gasteiger partial charge in [0, 0.05) is 12.3 Å². The Bertz CT molecular complexity index is 184. The highest BCUT2D eigenvalue weighted by Crippen LogP contribution is 2.28. The third-order valence-electron chi connectivity index (χ3n) is 2.50. The minimum atomic E-state index is -0.513. The summed E-state index contributed by atoms with van der Waals surface area (Å²) in [5, 5.41) is 0. The molecule has 0 bridgehead atoms. The molecule has 0 aromatic rings. The van der Waals surface area contributed by atoms with Crippen molar-refractivity contribution in [3.05, 3.63) is 0 Å². The Balaban J connectivity index is 2.61. The van der Waals surface area contributed by atoms with E-state index in [0.717, 1.165) is 6.42 Å². The van der Waals surface area contributed by atoms with Gasteiger partial charge in [-0.1, -0.05) is 6.92 Å². The van der Waals surface area contributed by atoms with E-state index in [0.29, 0.717) is 13.2 Å². The van der Waals surface area contributed by atoms with E-state index in [1.807, 2.05) is 6.92 Å². The maximum atomic E-state index is 10.7. The average molecular weight is 172 g/mol. The highest BCUT2D eigenvalue weighted by molar-refractivity contribution is 5.75. The topological polar surface area (TPSA) is 78.3 Å². The van der Waals surface area contributed by atoms with E-state index >= 15 is 0 Å². The number of carbonyl (C=O) groups excluding carboxylic acids is 1. The van der Waals surface area contributed by atoms with E-state index in [9.17, 15) is 4.79 Å². The van der Waals surface area contributed by atoms with Crippen molar-refractivity contribution in [2.24, 2.45) is 17.4 Å². The van der Waals surface area contributed by atoms with Gasteiger partial charge in [-0.3, -0.25) is 4.79 Å². The Morgan fingerprint density at radius 1 is 1.75 bits per heavy atom. The zero-order valence-corrected chi connectivity index (χ0v) is 7.38. The van der Waals surface area contributed by atoms with Crippen molar-refractivity contribution in [3.63, 3.8) is 0 Å². The van der Waals surface area contributed by atoms with Crippen molar-refractivity contribution in [3.8, 4) is 0 Å². The van der Waals surface area contributed by atoms with E-state index in [-0.39, 0.29) is 18.2 Å². The van der Waals surface area contributed by atoms with Gasteiger partial charge in [-0.2, -0.15) is 0 Å². The zero-order valence-electron chi connectivity index (χ0n) is 7.38. The van der Waals surface area contributed by atoms with Crippen LogP contribution in [0.5, 0.6) is 0 Å². The van der Waals surface area contributed by atoms with Gasteiger partial charge in [0.15, 0.2) is 0 Å². The highest BCUT2D eigenvalue weighted by atomic mass is 16.5. The SMILES string of the molecule is CCC1COCC1(N)CC(N)=O. The van der Waals surface area contributed by atoms with Gasteiger partial charge in [0.2, 0.25) is 5.91 Å². The Labute approximate surface area is 72.2 Å². The van der Waals surface area contributed by atoms with Gasteiger partial charge in [0.05, 0.1) is 18.8 Å². The standard InChI is InChI=1S/C8H16N2O2/c1-2-6-4-12-5-8(6,10)3-7(9)11/h6H,2-5,10H2,1H3,(H2,9,11). The highest BCUT2D eigenvalue weighted by Gasteiger charge is 2.40. The second kappa shape index (κ2) is 3.41. The number of carbonyl (C=O) groups is 1. The molecule has 1 fully saturated rings. The van der Waals surface area contributed by atoms with Gasteiger partial charge in [-0.05, 0) is 6.42 Å². The minimum absolute atomic E-state index is 0.228. The lowest BCUT2D eigenvalue weighted by Gasteiger charge is -2.26. The quantitative estimate of drug-likeness (QED) is 0.609. The molecule has 1 heterocycles. The number of nitrogens with two attached hydrogens (primary N) is 2. The molecule has 4 N–H and O–H groups in total. The molecule has 1 amide bonds. The summed E-state index contributed by atoms with van der Waals surface area (Å²) in [6, 6.07) is 0. The van der Waals surface area contributed by atoms with Crippen LogP contribution in [-0.2, 0) is 9.53 Å². The summed E-state index contributed by atoms with van der Waals surface area (Å²) >= 11 is 0. The van der Waals surface area contributed by atoms with Crippen LogP contribution < -0.4 is 11.5 Å². The lowest BCUT2D eigenvalue weighted by Crippen LogP contribution is -2.49. The fourth-order valence-electron chi connectivity index (χ4n) is 1.72. The van der Waals surface area contributed by atoms with Gasteiger partial charge in [-0.25, -0.2) is 0 Å². The first kappa shape index (κ1) is 9.48. The van der Waals surface area contributed by atoms with Gasteiger partial charge in [0.1, 0.15) is 0 Å².